The van der Waals surface area contributed by atoms with Gasteiger partial charge in [0.15, 0.2) is 9.84 Å². The van der Waals surface area contributed by atoms with Crippen LogP contribution < -0.4 is 0 Å². The van der Waals surface area contributed by atoms with E-state index in [-0.39, 0.29) is 22.8 Å². The zero-order valence-electron chi connectivity index (χ0n) is 12.6. The monoisotopic (exact) mass is 411 g/mol. The summed E-state index contributed by atoms with van der Waals surface area (Å²) in [6.07, 6.45) is -0.0505. The fourth-order valence-corrected chi connectivity index (χ4v) is 6.44. The van der Waals surface area contributed by atoms with Crippen molar-refractivity contribution in [3.63, 3.8) is 0 Å². The average molecular weight is 412 g/mol. The van der Waals surface area contributed by atoms with Gasteiger partial charge in [0, 0.05) is 6.04 Å². The van der Waals surface area contributed by atoms with Gasteiger partial charge in [-0.3, -0.25) is 4.79 Å². The van der Waals surface area contributed by atoms with E-state index >= 15 is 0 Å². The maximum absolute atomic E-state index is 12.9. The lowest BCUT2D eigenvalue weighted by atomic mass is 10.2. The van der Waals surface area contributed by atoms with Crippen molar-refractivity contribution in [2.24, 2.45) is 0 Å². The number of rotatable bonds is 6. The molecule has 0 bridgehead atoms. The van der Waals surface area contributed by atoms with Gasteiger partial charge in [-0.05, 0) is 24.6 Å². The van der Waals surface area contributed by atoms with E-state index in [9.17, 15) is 26.4 Å². The highest BCUT2D eigenvalue weighted by Gasteiger charge is 2.40. The van der Waals surface area contributed by atoms with Crippen molar-refractivity contribution in [3.05, 3.63) is 28.8 Å². The SMILES string of the molecule is O=C(O)CN([C@@H]1CCS(=O)(=O)C1)S(=O)(=O)c1cc(C(=O)O)ccc1Cl. The molecule has 9 nitrogen and oxygen atoms in total. The van der Waals surface area contributed by atoms with Gasteiger partial charge in [-0.2, -0.15) is 4.31 Å². The minimum atomic E-state index is -4.52. The summed E-state index contributed by atoms with van der Waals surface area (Å²) in [5, 5.41) is 17.7. The molecule has 1 saturated heterocycles. The Balaban J connectivity index is 2.54. The van der Waals surface area contributed by atoms with Crippen LogP contribution in [0.5, 0.6) is 0 Å². The predicted octanol–water partition coefficient (Wildman–Crippen LogP) is 0.301. The fourth-order valence-electron chi connectivity index (χ4n) is 2.51. The summed E-state index contributed by atoms with van der Waals surface area (Å²) >= 11 is 5.86. The van der Waals surface area contributed by atoms with Gasteiger partial charge in [0.1, 0.15) is 11.4 Å². The molecule has 1 heterocycles. The van der Waals surface area contributed by atoms with Crippen LogP contribution in [0.25, 0.3) is 0 Å². The largest absolute Gasteiger partial charge is 0.480 e. The van der Waals surface area contributed by atoms with Crippen LogP contribution in [0.2, 0.25) is 5.02 Å². The molecule has 1 atom stereocenters. The first kappa shape index (κ1) is 19.6. The van der Waals surface area contributed by atoms with Crippen molar-refractivity contribution in [1.29, 1.82) is 0 Å². The Hall–Kier alpha value is -1.69. The molecule has 0 aliphatic carbocycles. The molecule has 1 fully saturated rings. The van der Waals surface area contributed by atoms with E-state index in [1.54, 1.807) is 0 Å². The van der Waals surface area contributed by atoms with Crippen LogP contribution in [0.15, 0.2) is 23.1 Å². The summed E-state index contributed by atoms with van der Waals surface area (Å²) < 4.78 is 49.5. The Bertz CT molecular complexity index is 925. The molecule has 0 spiro atoms. The molecular formula is C13H14ClNO8S2. The zero-order valence-corrected chi connectivity index (χ0v) is 15.0. The summed E-state index contributed by atoms with van der Waals surface area (Å²) in [5.74, 6) is -3.62. The number of hydrogen-bond donors (Lipinski definition) is 2. The van der Waals surface area contributed by atoms with Crippen LogP contribution in [0.4, 0.5) is 0 Å². The first-order valence-electron chi connectivity index (χ1n) is 6.91. The minimum Gasteiger partial charge on any atom is -0.480 e. The van der Waals surface area contributed by atoms with Gasteiger partial charge in [-0.15, -0.1) is 0 Å². The van der Waals surface area contributed by atoms with Crippen LogP contribution in [0, 0.1) is 0 Å². The molecule has 0 amide bonds. The fraction of sp³-hybridized carbons (Fsp3) is 0.385. The molecule has 12 heteroatoms. The maximum Gasteiger partial charge on any atom is 0.335 e. The summed E-state index contributed by atoms with van der Waals surface area (Å²) in [6.45, 7) is -0.962. The number of benzene rings is 1. The Morgan fingerprint density at radius 1 is 1.28 bits per heavy atom. The Morgan fingerprint density at radius 2 is 1.92 bits per heavy atom. The Kier molecular flexibility index (Phi) is 5.42. The summed E-state index contributed by atoms with van der Waals surface area (Å²) in [4.78, 5) is 21.6. The van der Waals surface area contributed by atoms with Crippen LogP contribution in [-0.4, -0.2) is 67.4 Å². The molecule has 1 aromatic rings. The second-order valence-electron chi connectivity index (χ2n) is 5.45. The van der Waals surface area contributed by atoms with Crippen molar-refractivity contribution in [2.45, 2.75) is 17.4 Å². The van der Waals surface area contributed by atoms with Gasteiger partial charge in [0.25, 0.3) is 0 Å². The third-order valence-corrected chi connectivity index (χ3v) is 7.80. The summed E-state index contributed by atoms with van der Waals surface area (Å²) in [6, 6.07) is 1.93. The molecule has 2 rings (SSSR count). The predicted molar refractivity (Wildman–Crippen MR) is 87.0 cm³/mol. The zero-order chi connectivity index (χ0) is 19.0. The van der Waals surface area contributed by atoms with Gasteiger partial charge < -0.3 is 10.2 Å². The molecule has 138 valence electrons. The molecule has 0 aromatic heterocycles. The number of carbonyl (C=O) groups is 2. The van der Waals surface area contributed by atoms with Gasteiger partial charge in [-0.25, -0.2) is 21.6 Å². The van der Waals surface area contributed by atoms with E-state index in [0.29, 0.717) is 4.31 Å². The highest BCUT2D eigenvalue weighted by atomic mass is 35.5. The van der Waals surface area contributed by atoms with Crippen molar-refractivity contribution in [3.8, 4) is 0 Å². The van der Waals surface area contributed by atoms with Crippen LogP contribution >= 0.6 is 11.6 Å². The summed E-state index contributed by atoms with van der Waals surface area (Å²) in [7, 11) is -8.00. The lowest BCUT2D eigenvalue weighted by molar-refractivity contribution is -0.137. The summed E-state index contributed by atoms with van der Waals surface area (Å²) in [5.41, 5.74) is -0.350. The van der Waals surface area contributed by atoms with Gasteiger partial charge >= 0.3 is 11.9 Å². The molecule has 25 heavy (non-hydrogen) atoms. The lowest BCUT2D eigenvalue weighted by Gasteiger charge is -2.26. The Morgan fingerprint density at radius 3 is 2.40 bits per heavy atom. The van der Waals surface area contributed by atoms with E-state index in [1.165, 1.54) is 0 Å². The number of hydrogen-bond acceptors (Lipinski definition) is 6. The smallest absolute Gasteiger partial charge is 0.335 e. The minimum absolute atomic E-state index is 0.0505. The number of carboxylic acid groups (broad SMARTS) is 2. The molecule has 0 saturated carbocycles. The second-order valence-corrected chi connectivity index (χ2v) is 9.95. The molecular weight excluding hydrogens is 398 g/mol. The molecule has 0 unspecified atom stereocenters. The van der Waals surface area contributed by atoms with Crippen molar-refractivity contribution in [2.75, 3.05) is 18.1 Å². The highest BCUT2D eigenvalue weighted by Crippen LogP contribution is 2.30. The van der Waals surface area contributed by atoms with Crippen LogP contribution in [0.1, 0.15) is 16.8 Å². The molecule has 1 aliphatic rings. The number of aliphatic carboxylic acids is 1. The molecule has 2 N–H and O–H groups in total. The van der Waals surface area contributed by atoms with Crippen molar-refractivity contribution >= 4 is 43.4 Å². The first-order chi connectivity index (χ1) is 11.4. The topological polar surface area (TPSA) is 146 Å². The van der Waals surface area contributed by atoms with Gasteiger partial charge in [-0.1, -0.05) is 11.6 Å². The lowest BCUT2D eigenvalue weighted by Crippen LogP contribution is -2.44. The number of halogens is 1. The molecule has 0 radical (unpaired) electrons. The Labute approximate surface area is 148 Å². The quantitative estimate of drug-likeness (QED) is 0.679. The second kappa shape index (κ2) is 6.90. The van der Waals surface area contributed by atoms with Crippen LogP contribution in [0.3, 0.4) is 0 Å². The van der Waals surface area contributed by atoms with E-state index < -0.39 is 55.0 Å². The van der Waals surface area contributed by atoms with Crippen LogP contribution in [-0.2, 0) is 24.7 Å². The van der Waals surface area contributed by atoms with E-state index in [4.69, 9.17) is 21.8 Å². The van der Waals surface area contributed by atoms with Gasteiger partial charge in [0.2, 0.25) is 10.0 Å². The van der Waals surface area contributed by atoms with E-state index in [2.05, 4.69) is 0 Å². The third-order valence-electron chi connectivity index (χ3n) is 3.67. The van der Waals surface area contributed by atoms with Crippen molar-refractivity contribution < 1.29 is 36.6 Å². The standard InChI is InChI=1S/C13H14ClNO8S2/c14-10-2-1-8(13(18)19)5-11(10)25(22,23)15(6-12(16)17)9-3-4-24(20,21)7-9/h1-2,5,9H,3-4,6-7H2,(H,16,17)(H,18,19)/t9-/m1/s1. The number of aromatic carboxylic acids is 1. The van der Waals surface area contributed by atoms with E-state index in [0.717, 1.165) is 18.2 Å². The maximum atomic E-state index is 12.9. The molecule has 1 aliphatic heterocycles. The number of nitrogens with zero attached hydrogens (tertiary/aromatic N) is 1. The molecule has 1 aromatic carbocycles. The number of sulfonamides is 1. The first-order valence-corrected chi connectivity index (χ1v) is 10.5. The van der Waals surface area contributed by atoms with Crippen molar-refractivity contribution in [1.82, 2.24) is 4.31 Å². The van der Waals surface area contributed by atoms with E-state index in [1.807, 2.05) is 0 Å². The number of carboxylic acids is 2. The average Bonchev–Trinajstić information content (AvgIpc) is 2.84. The third kappa shape index (κ3) is 4.29. The van der Waals surface area contributed by atoms with Gasteiger partial charge in [0.05, 0.1) is 22.1 Å². The highest BCUT2D eigenvalue weighted by molar-refractivity contribution is 7.92. The normalized spacial score (nSPS) is 19.8. The number of sulfone groups is 1.